The van der Waals surface area contributed by atoms with Gasteiger partial charge in [0.05, 0.1) is 11.5 Å². The van der Waals surface area contributed by atoms with Crippen LogP contribution in [0.15, 0.2) is 18.2 Å². The van der Waals surface area contributed by atoms with Crippen LogP contribution in [-0.2, 0) is 25.0 Å². The molecule has 3 heterocycles. The van der Waals surface area contributed by atoms with Crippen molar-refractivity contribution in [3.05, 3.63) is 23.8 Å². The molecule has 0 bridgehead atoms. The Labute approximate surface area is 174 Å². The van der Waals surface area contributed by atoms with Crippen molar-refractivity contribution in [2.24, 2.45) is 0 Å². The number of sulfone groups is 1. The fourth-order valence-electron chi connectivity index (χ4n) is 3.92. The van der Waals surface area contributed by atoms with Crippen LogP contribution in [0.2, 0.25) is 0 Å². The van der Waals surface area contributed by atoms with E-state index in [4.69, 9.17) is 9.47 Å². The van der Waals surface area contributed by atoms with E-state index in [-0.39, 0.29) is 11.5 Å². The second-order valence-electron chi connectivity index (χ2n) is 7.87. The summed E-state index contributed by atoms with van der Waals surface area (Å²) >= 11 is 0. The number of imide groups is 1. The normalized spacial score (nSPS) is 27.1. The monoisotopic (exact) mass is 437 g/mol. The first-order chi connectivity index (χ1) is 14.1. The second-order valence-corrected chi connectivity index (χ2v) is 10.1. The van der Waals surface area contributed by atoms with Gasteiger partial charge >= 0.3 is 6.03 Å². The van der Waals surface area contributed by atoms with Crippen LogP contribution in [0, 0.1) is 0 Å². The highest BCUT2D eigenvalue weighted by Crippen LogP contribution is 2.36. The SMILES string of the molecule is CN(C(=O)CN1C(=O)NC(C)(c2ccc3c(c2)OCCO3)C1=O)C1CCS(=O)(=O)C1. The first kappa shape index (κ1) is 20.5. The molecule has 1 aromatic rings. The summed E-state index contributed by atoms with van der Waals surface area (Å²) in [6.45, 7) is 1.93. The molecule has 1 N–H and O–H groups in total. The van der Waals surface area contributed by atoms with E-state index in [9.17, 15) is 22.8 Å². The molecule has 3 aliphatic rings. The van der Waals surface area contributed by atoms with Gasteiger partial charge < -0.3 is 19.7 Å². The zero-order valence-corrected chi connectivity index (χ0v) is 17.5. The molecule has 4 rings (SSSR count). The molecular formula is C19H23N3O7S. The van der Waals surface area contributed by atoms with Gasteiger partial charge in [0.2, 0.25) is 5.91 Å². The zero-order chi connectivity index (χ0) is 21.7. The van der Waals surface area contributed by atoms with E-state index in [2.05, 4.69) is 5.32 Å². The lowest BCUT2D eigenvalue weighted by atomic mass is 9.91. The van der Waals surface area contributed by atoms with E-state index in [0.29, 0.717) is 36.7 Å². The highest BCUT2D eigenvalue weighted by Gasteiger charge is 2.50. The molecule has 1 aromatic carbocycles. The molecule has 0 radical (unpaired) electrons. The van der Waals surface area contributed by atoms with Crippen LogP contribution in [0.3, 0.4) is 0 Å². The van der Waals surface area contributed by atoms with Crippen molar-refractivity contribution in [3.8, 4) is 11.5 Å². The Balaban J connectivity index is 1.50. The number of hydrogen-bond donors (Lipinski definition) is 1. The number of carbonyl (C=O) groups excluding carboxylic acids is 3. The molecule has 2 atom stereocenters. The van der Waals surface area contributed by atoms with E-state index in [1.165, 1.54) is 11.9 Å². The van der Waals surface area contributed by atoms with Gasteiger partial charge in [-0.05, 0) is 31.0 Å². The number of ether oxygens (including phenoxy) is 2. The fraction of sp³-hybridized carbons (Fsp3) is 0.526. The molecule has 162 valence electrons. The number of amides is 4. The number of urea groups is 1. The number of nitrogens with zero attached hydrogens (tertiary/aromatic N) is 2. The Morgan fingerprint density at radius 2 is 1.97 bits per heavy atom. The number of rotatable bonds is 4. The molecule has 3 aliphatic heterocycles. The largest absolute Gasteiger partial charge is 0.486 e. The summed E-state index contributed by atoms with van der Waals surface area (Å²) in [6, 6.07) is 3.86. The van der Waals surface area contributed by atoms with Crippen LogP contribution in [0.25, 0.3) is 0 Å². The molecule has 0 saturated carbocycles. The topological polar surface area (TPSA) is 122 Å². The summed E-state index contributed by atoms with van der Waals surface area (Å²) < 4.78 is 34.4. The van der Waals surface area contributed by atoms with E-state index >= 15 is 0 Å². The Morgan fingerprint density at radius 1 is 1.27 bits per heavy atom. The third kappa shape index (κ3) is 3.47. The van der Waals surface area contributed by atoms with Crippen molar-refractivity contribution >= 4 is 27.7 Å². The average Bonchev–Trinajstić information content (AvgIpc) is 3.19. The lowest BCUT2D eigenvalue weighted by molar-refractivity contribution is -0.139. The minimum Gasteiger partial charge on any atom is -0.486 e. The number of nitrogens with one attached hydrogen (secondary N) is 1. The van der Waals surface area contributed by atoms with Crippen molar-refractivity contribution in [2.75, 3.05) is 38.3 Å². The molecule has 2 unspecified atom stereocenters. The van der Waals surface area contributed by atoms with E-state index < -0.39 is 45.8 Å². The summed E-state index contributed by atoms with van der Waals surface area (Å²) in [5, 5.41) is 2.65. The van der Waals surface area contributed by atoms with Gasteiger partial charge in [-0.1, -0.05) is 6.07 Å². The predicted octanol–water partition coefficient (Wildman–Crippen LogP) is -0.130. The maximum Gasteiger partial charge on any atom is 0.325 e. The lowest BCUT2D eigenvalue weighted by Gasteiger charge is -2.26. The summed E-state index contributed by atoms with van der Waals surface area (Å²) in [7, 11) is -1.67. The molecule has 10 nitrogen and oxygen atoms in total. The van der Waals surface area contributed by atoms with Crippen LogP contribution >= 0.6 is 0 Å². The third-order valence-electron chi connectivity index (χ3n) is 5.84. The molecule has 0 aromatic heterocycles. The first-order valence-corrected chi connectivity index (χ1v) is 11.4. The zero-order valence-electron chi connectivity index (χ0n) is 16.7. The molecule has 30 heavy (non-hydrogen) atoms. The highest BCUT2D eigenvalue weighted by atomic mass is 32.2. The lowest BCUT2D eigenvalue weighted by Crippen LogP contribution is -2.46. The van der Waals surface area contributed by atoms with Gasteiger partial charge in [-0.15, -0.1) is 0 Å². The van der Waals surface area contributed by atoms with Gasteiger partial charge in [0.25, 0.3) is 5.91 Å². The van der Waals surface area contributed by atoms with Crippen molar-refractivity contribution in [2.45, 2.75) is 24.9 Å². The van der Waals surface area contributed by atoms with Crippen LogP contribution in [-0.4, -0.2) is 80.4 Å². The quantitative estimate of drug-likeness (QED) is 0.651. The second kappa shape index (κ2) is 7.15. The van der Waals surface area contributed by atoms with Gasteiger partial charge in [-0.2, -0.15) is 0 Å². The summed E-state index contributed by atoms with van der Waals surface area (Å²) in [6.07, 6.45) is 0.347. The minimum atomic E-state index is -3.16. The molecule has 0 aliphatic carbocycles. The minimum absolute atomic E-state index is 0.0284. The Morgan fingerprint density at radius 3 is 2.63 bits per heavy atom. The maximum absolute atomic E-state index is 13.1. The number of likely N-dealkylation sites (N-methyl/N-ethyl adjacent to an activating group) is 1. The Hall–Kier alpha value is -2.82. The van der Waals surface area contributed by atoms with Crippen molar-refractivity contribution in [1.29, 1.82) is 0 Å². The van der Waals surface area contributed by atoms with Gasteiger partial charge in [-0.25, -0.2) is 13.2 Å². The van der Waals surface area contributed by atoms with Crippen LogP contribution in [0.5, 0.6) is 11.5 Å². The number of hydrogen-bond acceptors (Lipinski definition) is 7. The molecule has 0 spiro atoms. The highest BCUT2D eigenvalue weighted by molar-refractivity contribution is 7.91. The van der Waals surface area contributed by atoms with Crippen molar-refractivity contribution < 1.29 is 32.3 Å². The Bertz CT molecular complexity index is 1020. The molecule has 4 amide bonds. The standard InChI is InChI=1S/C19H23N3O7S/c1-19(12-3-4-14-15(9-12)29-7-6-28-14)17(24)22(18(25)20-19)10-16(23)21(2)13-5-8-30(26,27)11-13/h3-4,9,13H,5-8,10-11H2,1-2H3,(H,20,25). The molecule has 11 heteroatoms. The van der Waals surface area contributed by atoms with Gasteiger partial charge in [-0.3, -0.25) is 14.5 Å². The smallest absolute Gasteiger partial charge is 0.325 e. The van der Waals surface area contributed by atoms with Crippen LogP contribution < -0.4 is 14.8 Å². The summed E-state index contributed by atoms with van der Waals surface area (Å²) in [4.78, 5) is 40.4. The van der Waals surface area contributed by atoms with Gasteiger partial charge in [0.1, 0.15) is 25.3 Å². The fourth-order valence-corrected chi connectivity index (χ4v) is 5.70. The first-order valence-electron chi connectivity index (χ1n) is 9.61. The summed E-state index contributed by atoms with van der Waals surface area (Å²) in [5.41, 5.74) is -0.849. The molecule has 2 saturated heterocycles. The maximum atomic E-state index is 13.1. The molecular weight excluding hydrogens is 414 g/mol. The van der Waals surface area contributed by atoms with Crippen molar-refractivity contribution in [1.82, 2.24) is 15.1 Å². The Kier molecular flexibility index (Phi) is 4.88. The van der Waals surface area contributed by atoms with E-state index in [1.54, 1.807) is 25.1 Å². The number of carbonyl (C=O) groups is 3. The van der Waals surface area contributed by atoms with E-state index in [1.807, 2.05) is 0 Å². The predicted molar refractivity (Wildman–Crippen MR) is 105 cm³/mol. The van der Waals surface area contributed by atoms with Crippen LogP contribution in [0.4, 0.5) is 4.79 Å². The van der Waals surface area contributed by atoms with Gasteiger partial charge in [0, 0.05) is 13.1 Å². The van der Waals surface area contributed by atoms with Crippen LogP contribution in [0.1, 0.15) is 18.9 Å². The number of benzene rings is 1. The van der Waals surface area contributed by atoms with Gasteiger partial charge in [0.15, 0.2) is 21.3 Å². The summed E-state index contributed by atoms with van der Waals surface area (Å²) in [5.74, 6) is -0.0912. The third-order valence-corrected chi connectivity index (χ3v) is 7.59. The number of fused-ring (bicyclic) bond motifs is 1. The van der Waals surface area contributed by atoms with Crippen molar-refractivity contribution in [3.63, 3.8) is 0 Å². The molecule has 2 fully saturated rings. The average molecular weight is 437 g/mol. The van der Waals surface area contributed by atoms with E-state index in [0.717, 1.165) is 4.90 Å².